The van der Waals surface area contributed by atoms with Gasteiger partial charge in [-0.2, -0.15) is 0 Å². The first-order valence-corrected chi connectivity index (χ1v) is 8.04. The number of urea groups is 1. The summed E-state index contributed by atoms with van der Waals surface area (Å²) in [6.45, 7) is 0.387. The van der Waals surface area contributed by atoms with Gasteiger partial charge >= 0.3 is 6.03 Å². The topological polar surface area (TPSA) is 64.6 Å². The lowest BCUT2D eigenvalue weighted by molar-refractivity contribution is -0.0292. The van der Waals surface area contributed by atoms with Crippen molar-refractivity contribution in [3.8, 4) is 0 Å². The Balaban J connectivity index is 1.44. The number of hydrogen-bond acceptors (Lipinski definition) is 3. The smallest absolute Gasteiger partial charge is 0.315 e. The lowest BCUT2D eigenvalue weighted by atomic mass is 9.80. The van der Waals surface area contributed by atoms with Crippen molar-refractivity contribution in [1.82, 2.24) is 15.5 Å². The first kappa shape index (κ1) is 14.1. The third-order valence-electron chi connectivity index (χ3n) is 5.54. The van der Waals surface area contributed by atoms with Gasteiger partial charge in [0.2, 0.25) is 0 Å². The predicted octanol–water partition coefficient (Wildman–Crippen LogP) is 1.22. The summed E-state index contributed by atoms with van der Waals surface area (Å²) < 4.78 is 0. The van der Waals surface area contributed by atoms with E-state index in [1.165, 1.54) is 19.3 Å². The Morgan fingerprint density at radius 3 is 2.45 bits per heavy atom. The minimum absolute atomic E-state index is 0.113. The maximum absolute atomic E-state index is 12.0. The van der Waals surface area contributed by atoms with Crippen molar-refractivity contribution in [1.29, 1.82) is 0 Å². The highest BCUT2D eigenvalue weighted by Gasteiger charge is 2.37. The summed E-state index contributed by atoms with van der Waals surface area (Å²) >= 11 is 0. The van der Waals surface area contributed by atoms with Crippen LogP contribution in [-0.2, 0) is 0 Å². The Labute approximate surface area is 121 Å². The third-order valence-corrected chi connectivity index (χ3v) is 5.54. The lowest BCUT2D eigenvalue weighted by Crippen LogP contribution is -2.57. The van der Waals surface area contributed by atoms with E-state index >= 15 is 0 Å². The van der Waals surface area contributed by atoms with Crippen molar-refractivity contribution in [3.05, 3.63) is 0 Å². The lowest BCUT2D eigenvalue weighted by Gasteiger charge is -2.47. The SMILES string of the molecule is CN1C2CCCC1CC(NC(=O)NCC1(O)CCC1)C2. The van der Waals surface area contributed by atoms with Crippen molar-refractivity contribution < 1.29 is 9.90 Å². The Morgan fingerprint density at radius 1 is 1.25 bits per heavy atom. The van der Waals surface area contributed by atoms with Crippen LogP contribution in [0.3, 0.4) is 0 Å². The molecule has 3 fully saturated rings. The van der Waals surface area contributed by atoms with Crippen molar-refractivity contribution in [2.24, 2.45) is 0 Å². The molecule has 2 unspecified atom stereocenters. The van der Waals surface area contributed by atoms with Crippen LogP contribution in [0.1, 0.15) is 51.4 Å². The van der Waals surface area contributed by atoms with E-state index in [4.69, 9.17) is 0 Å². The molecule has 0 spiro atoms. The van der Waals surface area contributed by atoms with E-state index in [1.807, 2.05) is 0 Å². The molecule has 2 amide bonds. The molecular weight excluding hydrogens is 254 g/mol. The van der Waals surface area contributed by atoms with Crippen LogP contribution in [0.5, 0.6) is 0 Å². The highest BCUT2D eigenvalue weighted by molar-refractivity contribution is 5.74. The van der Waals surface area contributed by atoms with Gasteiger partial charge in [-0.05, 0) is 52.0 Å². The number of nitrogens with zero attached hydrogens (tertiary/aromatic N) is 1. The fourth-order valence-electron chi connectivity index (χ4n) is 3.98. The van der Waals surface area contributed by atoms with Gasteiger partial charge in [0.25, 0.3) is 0 Å². The monoisotopic (exact) mass is 281 g/mol. The minimum Gasteiger partial charge on any atom is -0.388 e. The molecule has 5 heteroatoms. The first-order chi connectivity index (χ1) is 9.56. The Bertz CT molecular complexity index is 356. The Morgan fingerprint density at radius 2 is 1.90 bits per heavy atom. The number of fused-ring (bicyclic) bond motifs is 2. The third kappa shape index (κ3) is 2.93. The number of aliphatic hydroxyl groups is 1. The maximum Gasteiger partial charge on any atom is 0.315 e. The van der Waals surface area contributed by atoms with E-state index in [-0.39, 0.29) is 12.1 Å². The fraction of sp³-hybridized carbons (Fsp3) is 0.933. The molecule has 1 saturated carbocycles. The molecule has 3 aliphatic rings. The van der Waals surface area contributed by atoms with Crippen LogP contribution < -0.4 is 10.6 Å². The summed E-state index contributed by atoms with van der Waals surface area (Å²) in [7, 11) is 2.22. The maximum atomic E-state index is 12.0. The number of hydrogen-bond donors (Lipinski definition) is 3. The molecule has 0 radical (unpaired) electrons. The molecule has 2 heterocycles. The van der Waals surface area contributed by atoms with Gasteiger partial charge in [0.1, 0.15) is 0 Å². The van der Waals surface area contributed by atoms with Crippen LogP contribution in [0.25, 0.3) is 0 Å². The Kier molecular flexibility index (Phi) is 3.91. The van der Waals surface area contributed by atoms with E-state index in [1.54, 1.807) is 0 Å². The number of nitrogens with one attached hydrogen (secondary N) is 2. The van der Waals surface area contributed by atoms with Gasteiger partial charge in [-0.3, -0.25) is 0 Å². The second-order valence-electron chi connectivity index (χ2n) is 6.98. The van der Waals surface area contributed by atoms with Gasteiger partial charge < -0.3 is 20.6 Å². The van der Waals surface area contributed by atoms with Crippen LogP contribution in [0.15, 0.2) is 0 Å². The molecule has 1 aliphatic carbocycles. The highest BCUT2D eigenvalue weighted by atomic mass is 16.3. The van der Waals surface area contributed by atoms with Crippen molar-refractivity contribution in [2.45, 2.75) is 75.1 Å². The average Bonchev–Trinajstić information content (AvgIpc) is 2.35. The molecule has 0 aromatic rings. The van der Waals surface area contributed by atoms with Crippen LogP contribution in [0, 0.1) is 0 Å². The van der Waals surface area contributed by atoms with Crippen LogP contribution >= 0.6 is 0 Å². The number of amides is 2. The molecule has 0 aromatic heterocycles. The summed E-state index contributed by atoms with van der Waals surface area (Å²) in [5.41, 5.74) is -0.638. The van der Waals surface area contributed by atoms with E-state index in [0.717, 1.165) is 32.1 Å². The summed E-state index contributed by atoms with van der Waals surface area (Å²) in [6, 6.07) is 1.43. The molecule has 2 atom stereocenters. The quantitative estimate of drug-likeness (QED) is 0.729. The first-order valence-electron chi connectivity index (χ1n) is 8.04. The number of carbonyl (C=O) groups is 1. The van der Waals surface area contributed by atoms with Gasteiger partial charge in [0, 0.05) is 24.7 Å². The van der Waals surface area contributed by atoms with Gasteiger partial charge in [0.05, 0.1) is 5.60 Å². The summed E-state index contributed by atoms with van der Waals surface area (Å²) in [4.78, 5) is 14.4. The molecule has 20 heavy (non-hydrogen) atoms. The molecule has 2 saturated heterocycles. The fourth-order valence-corrected chi connectivity index (χ4v) is 3.98. The molecule has 5 nitrogen and oxygen atoms in total. The second-order valence-corrected chi connectivity index (χ2v) is 6.98. The largest absolute Gasteiger partial charge is 0.388 e. The summed E-state index contributed by atoms with van der Waals surface area (Å²) in [6.07, 6.45) is 8.65. The van der Waals surface area contributed by atoms with Crippen LogP contribution in [0.4, 0.5) is 4.79 Å². The molecule has 3 N–H and O–H groups in total. The van der Waals surface area contributed by atoms with Gasteiger partial charge in [-0.15, -0.1) is 0 Å². The average molecular weight is 281 g/mol. The van der Waals surface area contributed by atoms with Crippen molar-refractivity contribution in [3.63, 3.8) is 0 Å². The normalized spacial score (nSPS) is 36.0. The van der Waals surface area contributed by atoms with Crippen molar-refractivity contribution in [2.75, 3.05) is 13.6 Å². The van der Waals surface area contributed by atoms with Gasteiger partial charge in [0.15, 0.2) is 0 Å². The Hall–Kier alpha value is -0.810. The van der Waals surface area contributed by atoms with Crippen LogP contribution in [-0.4, -0.2) is 53.4 Å². The zero-order valence-corrected chi connectivity index (χ0v) is 12.4. The molecule has 2 aliphatic heterocycles. The van der Waals surface area contributed by atoms with Crippen molar-refractivity contribution >= 4 is 6.03 Å². The summed E-state index contributed by atoms with van der Waals surface area (Å²) in [5, 5.41) is 15.9. The highest BCUT2D eigenvalue weighted by Crippen LogP contribution is 2.33. The standard InChI is InChI=1S/C15H27N3O2/c1-18-12-4-2-5-13(18)9-11(8-12)17-14(19)16-10-15(20)6-3-7-15/h11-13,20H,2-10H2,1H3,(H2,16,17,19). The zero-order valence-electron chi connectivity index (χ0n) is 12.4. The van der Waals surface area contributed by atoms with Gasteiger partial charge in [-0.1, -0.05) is 6.42 Å². The molecule has 0 aromatic carbocycles. The van der Waals surface area contributed by atoms with Gasteiger partial charge in [-0.25, -0.2) is 4.79 Å². The molecule has 2 bridgehead atoms. The van der Waals surface area contributed by atoms with Crippen LogP contribution in [0.2, 0.25) is 0 Å². The van der Waals surface area contributed by atoms with E-state index in [2.05, 4.69) is 22.6 Å². The number of piperidine rings is 2. The molecule has 114 valence electrons. The molecule has 3 rings (SSSR count). The number of carbonyl (C=O) groups excluding carboxylic acids is 1. The minimum atomic E-state index is -0.638. The van der Waals surface area contributed by atoms with E-state index in [0.29, 0.717) is 18.6 Å². The predicted molar refractivity (Wildman–Crippen MR) is 77.5 cm³/mol. The van der Waals surface area contributed by atoms with E-state index in [9.17, 15) is 9.90 Å². The summed E-state index contributed by atoms with van der Waals surface area (Å²) in [5.74, 6) is 0. The van der Waals surface area contributed by atoms with E-state index < -0.39 is 5.60 Å². The second kappa shape index (κ2) is 5.53. The number of rotatable bonds is 3. The zero-order chi connectivity index (χ0) is 14.2. The molecular formula is C15H27N3O2.